The van der Waals surface area contributed by atoms with E-state index in [9.17, 15) is 0 Å². The fourth-order valence-electron chi connectivity index (χ4n) is 1.80. The van der Waals surface area contributed by atoms with Crippen molar-refractivity contribution in [3.05, 3.63) is 39.9 Å². The van der Waals surface area contributed by atoms with Gasteiger partial charge in [-0.05, 0) is 44.1 Å². The van der Waals surface area contributed by atoms with Crippen LogP contribution in [0.15, 0.2) is 24.3 Å². The van der Waals surface area contributed by atoms with Gasteiger partial charge in [-0.2, -0.15) is 0 Å². The van der Waals surface area contributed by atoms with E-state index in [2.05, 4.69) is 21.5 Å². The van der Waals surface area contributed by atoms with Crippen molar-refractivity contribution in [1.29, 1.82) is 0 Å². The minimum absolute atomic E-state index is 0.659. The number of hydrogen-bond donors (Lipinski definition) is 0. The molecule has 0 aliphatic carbocycles. The molecule has 0 aliphatic rings. The highest BCUT2D eigenvalue weighted by Crippen LogP contribution is 2.23. The molecule has 0 unspecified atom stereocenters. The standard InChI is InChI=1S/C14H18ClN3OS/c1-11-14(20-17-16-11)10-18(2)8-5-9-19-13-7-4-3-6-12(13)15/h3-4,6-7H,5,8-10H2,1-2H3. The van der Waals surface area contributed by atoms with Gasteiger partial charge in [0.1, 0.15) is 5.75 Å². The van der Waals surface area contributed by atoms with Gasteiger partial charge in [0.25, 0.3) is 0 Å². The summed E-state index contributed by atoms with van der Waals surface area (Å²) in [5.74, 6) is 0.749. The molecule has 6 heteroatoms. The van der Waals surface area contributed by atoms with E-state index in [0.29, 0.717) is 11.6 Å². The van der Waals surface area contributed by atoms with Crippen molar-refractivity contribution < 1.29 is 4.74 Å². The van der Waals surface area contributed by atoms with Crippen LogP contribution in [0.2, 0.25) is 5.02 Å². The average molecular weight is 312 g/mol. The van der Waals surface area contributed by atoms with Crippen LogP contribution in [0.4, 0.5) is 0 Å². The Kier molecular flexibility index (Phi) is 5.76. The molecule has 0 spiro atoms. The van der Waals surface area contributed by atoms with Crippen molar-refractivity contribution in [3.63, 3.8) is 0 Å². The summed E-state index contributed by atoms with van der Waals surface area (Å²) >= 11 is 7.49. The molecule has 0 aliphatic heterocycles. The van der Waals surface area contributed by atoms with Crippen LogP contribution in [-0.2, 0) is 6.54 Å². The van der Waals surface area contributed by atoms with Gasteiger partial charge in [-0.3, -0.25) is 0 Å². The lowest BCUT2D eigenvalue weighted by Gasteiger charge is -2.15. The molecular weight excluding hydrogens is 294 g/mol. The van der Waals surface area contributed by atoms with Crippen molar-refractivity contribution in [2.75, 3.05) is 20.2 Å². The zero-order chi connectivity index (χ0) is 14.4. The Morgan fingerprint density at radius 1 is 1.35 bits per heavy atom. The molecule has 0 amide bonds. The Bertz CT molecular complexity index is 547. The quantitative estimate of drug-likeness (QED) is 0.735. The van der Waals surface area contributed by atoms with Crippen LogP contribution in [0.25, 0.3) is 0 Å². The van der Waals surface area contributed by atoms with Gasteiger partial charge < -0.3 is 9.64 Å². The van der Waals surface area contributed by atoms with E-state index in [1.54, 1.807) is 0 Å². The summed E-state index contributed by atoms with van der Waals surface area (Å²) in [6, 6.07) is 7.54. The van der Waals surface area contributed by atoms with Crippen LogP contribution in [0.1, 0.15) is 17.0 Å². The number of hydrogen-bond acceptors (Lipinski definition) is 5. The van der Waals surface area contributed by atoms with Gasteiger partial charge in [0.2, 0.25) is 0 Å². The van der Waals surface area contributed by atoms with Crippen molar-refractivity contribution in [2.45, 2.75) is 19.9 Å². The molecular formula is C14H18ClN3OS. The smallest absolute Gasteiger partial charge is 0.137 e. The largest absolute Gasteiger partial charge is 0.492 e. The molecule has 0 fully saturated rings. The maximum Gasteiger partial charge on any atom is 0.137 e. The summed E-state index contributed by atoms with van der Waals surface area (Å²) in [5, 5.41) is 4.68. The van der Waals surface area contributed by atoms with Crippen LogP contribution in [0, 0.1) is 6.92 Å². The molecule has 0 saturated heterocycles. The number of benzene rings is 1. The van der Waals surface area contributed by atoms with Gasteiger partial charge >= 0.3 is 0 Å². The van der Waals surface area contributed by atoms with E-state index in [4.69, 9.17) is 16.3 Å². The van der Waals surface area contributed by atoms with Crippen LogP contribution in [0.5, 0.6) is 5.75 Å². The highest BCUT2D eigenvalue weighted by molar-refractivity contribution is 7.05. The molecule has 0 N–H and O–H groups in total. The molecule has 1 aromatic carbocycles. The second kappa shape index (κ2) is 7.57. The summed E-state index contributed by atoms with van der Waals surface area (Å²) < 4.78 is 9.61. The Balaban J connectivity index is 1.68. The topological polar surface area (TPSA) is 38.2 Å². The van der Waals surface area contributed by atoms with E-state index in [0.717, 1.165) is 31.0 Å². The third-order valence-electron chi connectivity index (χ3n) is 2.94. The molecule has 2 rings (SSSR count). The molecule has 0 atom stereocenters. The molecule has 20 heavy (non-hydrogen) atoms. The zero-order valence-corrected chi connectivity index (χ0v) is 13.2. The fourth-order valence-corrected chi connectivity index (χ4v) is 2.70. The van der Waals surface area contributed by atoms with E-state index in [1.165, 1.54) is 16.4 Å². The zero-order valence-electron chi connectivity index (χ0n) is 11.7. The van der Waals surface area contributed by atoms with Gasteiger partial charge in [0.05, 0.1) is 22.2 Å². The van der Waals surface area contributed by atoms with Gasteiger partial charge in [0, 0.05) is 13.1 Å². The first-order chi connectivity index (χ1) is 9.66. The monoisotopic (exact) mass is 311 g/mol. The lowest BCUT2D eigenvalue weighted by atomic mass is 10.3. The molecule has 1 heterocycles. The van der Waals surface area contributed by atoms with Gasteiger partial charge in [-0.15, -0.1) is 5.10 Å². The maximum absolute atomic E-state index is 6.03. The number of nitrogens with zero attached hydrogens (tertiary/aromatic N) is 3. The van der Waals surface area contributed by atoms with Crippen LogP contribution in [0.3, 0.4) is 0 Å². The van der Waals surface area contributed by atoms with E-state index >= 15 is 0 Å². The summed E-state index contributed by atoms with van der Waals surface area (Å²) in [4.78, 5) is 3.47. The first-order valence-corrected chi connectivity index (χ1v) is 7.65. The third-order valence-corrected chi connectivity index (χ3v) is 4.06. The molecule has 0 radical (unpaired) electrons. The third kappa shape index (κ3) is 4.44. The van der Waals surface area contributed by atoms with Crippen molar-refractivity contribution in [2.24, 2.45) is 0 Å². The first kappa shape index (κ1) is 15.2. The number of aromatic nitrogens is 2. The fraction of sp³-hybridized carbons (Fsp3) is 0.429. The molecule has 2 aromatic rings. The van der Waals surface area contributed by atoms with Crippen molar-refractivity contribution in [1.82, 2.24) is 14.5 Å². The predicted molar refractivity (Wildman–Crippen MR) is 82.5 cm³/mol. The number of ether oxygens (including phenoxy) is 1. The highest BCUT2D eigenvalue weighted by atomic mass is 35.5. The Hall–Kier alpha value is -1.17. The van der Waals surface area contributed by atoms with Gasteiger partial charge in [-0.25, -0.2) is 0 Å². The number of para-hydroxylation sites is 1. The summed E-state index contributed by atoms with van der Waals surface area (Å²) in [6.45, 7) is 4.50. The lowest BCUT2D eigenvalue weighted by molar-refractivity contribution is 0.259. The second-order valence-corrected chi connectivity index (χ2v) is 5.90. The van der Waals surface area contributed by atoms with Crippen LogP contribution >= 0.6 is 23.1 Å². The van der Waals surface area contributed by atoms with E-state index < -0.39 is 0 Å². The van der Waals surface area contributed by atoms with Crippen molar-refractivity contribution in [3.8, 4) is 5.75 Å². The molecule has 0 bridgehead atoms. The summed E-state index contributed by atoms with van der Waals surface area (Å²) in [5.41, 5.74) is 1.02. The van der Waals surface area contributed by atoms with Crippen LogP contribution < -0.4 is 4.74 Å². The van der Waals surface area contributed by atoms with Gasteiger partial charge in [-0.1, -0.05) is 28.2 Å². The first-order valence-electron chi connectivity index (χ1n) is 6.50. The maximum atomic E-state index is 6.03. The van der Waals surface area contributed by atoms with Crippen molar-refractivity contribution >= 4 is 23.1 Å². The summed E-state index contributed by atoms with van der Waals surface area (Å²) in [6.07, 6.45) is 0.951. The minimum atomic E-state index is 0.659. The molecule has 0 saturated carbocycles. The SMILES string of the molecule is Cc1nnsc1CN(C)CCCOc1ccccc1Cl. The molecule has 1 aromatic heterocycles. The Morgan fingerprint density at radius 2 is 2.15 bits per heavy atom. The average Bonchev–Trinajstić information content (AvgIpc) is 2.82. The van der Waals surface area contributed by atoms with E-state index in [1.807, 2.05) is 31.2 Å². The Labute approximate surface area is 128 Å². The molecule has 4 nitrogen and oxygen atoms in total. The molecule has 108 valence electrons. The number of aryl methyl sites for hydroxylation is 1. The summed E-state index contributed by atoms with van der Waals surface area (Å²) in [7, 11) is 2.09. The number of rotatable bonds is 7. The lowest BCUT2D eigenvalue weighted by Crippen LogP contribution is -2.20. The minimum Gasteiger partial charge on any atom is -0.492 e. The van der Waals surface area contributed by atoms with Gasteiger partial charge in [0.15, 0.2) is 0 Å². The Morgan fingerprint density at radius 3 is 2.85 bits per heavy atom. The predicted octanol–water partition coefficient (Wildman–Crippen LogP) is 3.40. The van der Waals surface area contributed by atoms with Crippen LogP contribution in [-0.4, -0.2) is 34.7 Å². The second-order valence-electron chi connectivity index (χ2n) is 4.65. The highest BCUT2D eigenvalue weighted by Gasteiger charge is 2.07. The normalized spacial score (nSPS) is 11.0. The number of halogens is 1. The van der Waals surface area contributed by atoms with E-state index in [-0.39, 0.29) is 0 Å².